The van der Waals surface area contributed by atoms with Gasteiger partial charge in [-0.2, -0.15) is 0 Å². The molecule has 0 amide bonds. The zero-order valence-corrected chi connectivity index (χ0v) is 11.6. The third-order valence-electron chi connectivity index (χ3n) is 3.61. The Labute approximate surface area is 111 Å². The average molecular weight is 247 g/mol. The Kier molecular flexibility index (Phi) is 5.21. The van der Waals surface area contributed by atoms with Crippen LogP contribution in [0.25, 0.3) is 0 Å². The molecule has 0 aromatic heterocycles. The lowest BCUT2D eigenvalue weighted by Gasteiger charge is -2.22. The molecule has 1 N–H and O–H groups in total. The maximum atomic E-state index is 5.78. The second-order valence-corrected chi connectivity index (χ2v) is 5.29. The number of hydrogen-bond acceptors (Lipinski definition) is 2. The monoisotopic (exact) mass is 247 g/mol. The van der Waals surface area contributed by atoms with Crippen molar-refractivity contribution in [3.8, 4) is 0 Å². The van der Waals surface area contributed by atoms with Crippen LogP contribution < -0.4 is 5.32 Å². The fourth-order valence-corrected chi connectivity index (χ4v) is 2.64. The van der Waals surface area contributed by atoms with Crippen LogP contribution in [0.1, 0.15) is 49.8 Å². The molecule has 2 nitrogen and oxygen atoms in total. The van der Waals surface area contributed by atoms with E-state index in [0.717, 1.165) is 19.6 Å². The quantitative estimate of drug-likeness (QED) is 0.829. The molecule has 2 rings (SSSR count). The fraction of sp³-hybridized carbons (Fsp3) is 0.625. The molecule has 1 saturated heterocycles. The minimum absolute atomic E-state index is 0.438. The fourth-order valence-electron chi connectivity index (χ4n) is 2.64. The lowest BCUT2D eigenvalue weighted by atomic mass is 9.98. The first-order valence-corrected chi connectivity index (χ1v) is 7.21. The van der Waals surface area contributed by atoms with Crippen molar-refractivity contribution in [1.29, 1.82) is 0 Å². The van der Waals surface area contributed by atoms with Gasteiger partial charge in [-0.05, 0) is 44.7 Å². The maximum absolute atomic E-state index is 5.78. The number of nitrogens with one attached hydrogen (secondary N) is 1. The molecule has 1 aromatic rings. The molecule has 1 heterocycles. The second-order valence-electron chi connectivity index (χ2n) is 5.29. The standard InChI is InChI=1S/C16H25NO/c1-3-9-17-16(12-15-8-5-10-18-15)14-7-4-6-13(2)11-14/h4,6-7,11,15-17H,3,5,8-10,12H2,1-2H3. The predicted molar refractivity (Wildman–Crippen MR) is 75.8 cm³/mol. The highest BCUT2D eigenvalue weighted by Crippen LogP contribution is 2.25. The Hall–Kier alpha value is -0.860. The Morgan fingerprint density at radius 3 is 3.00 bits per heavy atom. The highest BCUT2D eigenvalue weighted by Gasteiger charge is 2.21. The van der Waals surface area contributed by atoms with E-state index >= 15 is 0 Å². The van der Waals surface area contributed by atoms with Crippen molar-refractivity contribution in [3.63, 3.8) is 0 Å². The van der Waals surface area contributed by atoms with Gasteiger partial charge >= 0.3 is 0 Å². The van der Waals surface area contributed by atoms with Gasteiger partial charge in [0.15, 0.2) is 0 Å². The summed E-state index contributed by atoms with van der Waals surface area (Å²) in [5.41, 5.74) is 2.74. The molecular formula is C16H25NO. The van der Waals surface area contributed by atoms with Crippen LogP contribution in [-0.2, 0) is 4.74 Å². The average Bonchev–Trinajstić information content (AvgIpc) is 2.87. The Bertz CT molecular complexity index is 358. The Morgan fingerprint density at radius 1 is 1.44 bits per heavy atom. The minimum atomic E-state index is 0.438. The van der Waals surface area contributed by atoms with Gasteiger partial charge in [0.25, 0.3) is 0 Å². The first-order chi connectivity index (χ1) is 8.79. The van der Waals surface area contributed by atoms with E-state index in [4.69, 9.17) is 4.74 Å². The molecular weight excluding hydrogens is 222 g/mol. The van der Waals surface area contributed by atoms with Crippen molar-refractivity contribution in [2.24, 2.45) is 0 Å². The van der Waals surface area contributed by atoms with E-state index in [1.807, 2.05) is 0 Å². The first kappa shape index (κ1) is 13.6. The van der Waals surface area contributed by atoms with E-state index in [9.17, 15) is 0 Å². The normalized spacial score (nSPS) is 21.1. The lowest BCUT2D eigenvalue weighted by Crippen LogP contribution is -2.26. The number of aryl methyl sites for hydroxylation is 1. The molecule has 1 aliphatic heterocycles. The first-order valence-electron chi connectivity index (χ1n) is 7.21. The summed E-state index contributed by atoms with van der Waals surface area (Å²) in [4.78, 5) is 0. The van der Waals surface area contributed by atoms with Crippen LogP contribution in [0, 0.1) is 6.92 Å². The molecule has 2 heteroatoms. The summed E-state index contributed by atoms with van der Waals surface area (Å²) in [6, 6.07) is 9.28. The van der Waals surface area contributed by atoms with Gasteiger partial charge in [-0.25, -0.2) is 0 Å². The van der Waals surface area contributed by atoms with Crippen LogP contribution in [0.15, 0.2) is 24.3 Å². The van der Waals surface area contributed by atoms with Crippen LogP contribution >= 0.6 is 0 Å². The van der Waals surface area contributed by atoms with Crippen molar-refractivity contribution >= 4 is 0 Å². The van der Waals surface area contributed by atoms with Gasteiger partial charge in [0.2, 0.25) is 0 Å². The summed E-state index contributed by atoms with van der Waals surface area (Å²) in [6.07, 6.45) is 5.16. The Balaban J connectivity index is 2.03. The summed E-state index contributed by atoms with van der Waals surface area (Å²) < 4.78 is 5.78. The van der Waals surface area contributed by atoms with Gasteiger partial charge in [-0.15, -0.1) is 0 Å². The van der Waals surface area contributed by atoms with Gasteiger partial charge in [-0.3, -0.25) is 0 Å². The smallest absolute Gasteiger partial charge is 0.0594 e. The number of rotatable bonds is 6. The van der Waals surface area contributed by atoms with Crippen molar-refractivity contribution in [2.45, 2.75) is 51.7 Å². The van der Waals surface area contributed by atoms with Crippen LogP contribution in [0.4, 0.5) is 0 Å². The summed E-state index contributed by atoms with van der Waals surface area (Å²) in [6.45, 7) is 6.39. The molecule has 0 saturated carbocycles. The maximum Gasteiger partial charge on any atom is 0.0594 e. The highest BCUT2D eigenvalue weighted by atomic mass is 16.5. The van der Waals surface area contributed by atoms with Gasteiger partial charge in [0.05, 0.1) is 6.10 Å². The third-order valence-corrected chi connectivity index (χ3v) is 3.61. The molecule has 1 aromatic carbocycles. The topological polar surface area (TPSA) is 21.3 Å². The van der Waals surface area contributed by atoms with Crippen molar-refractivity contribution in [1.82, 2.24) is 5.32 Å². The molecule has 0 aliphatic carbocycles. The van der Waals surface area contributed by atoms with E-state index in [-0.39, 0.29) is 0 Å². The van der Waals surface area contributed by atoms with Gasteiger partial charge in [-0.1, -0.05) is 36.8 Å². The van der Waals surface area contributed by atoms with Crippen LogP contribution in [0.2, 0.25) is 0 Å². The molecule has 18 heavy (non-hydrogen) atoms. The Morgan fingerprint density at radius 2 is 2.33 bits per heavy atom. The largest absolute Gasteiger partial charge is 0.378 e. The second kappa shape index (κ2) is 6.91. The van der Waals surface area contributed by atoms with Gasteiger partial charge in [0, 0.05) is 12.6 Å². The lowest BCUT2D eigenvalue weighted by molar-refractivity contribution is 0.0945. The number of ether oxygens (including phenoxy) is 1. The number of benzene rings is 1. The van der Waals surface area contributed by atoms with Gasteiger partial charge in [0.1, 0.15) is 0 Å². The number of hydrogen-bond donors (Lipinski definition) is 1. The molecule has 1 fully saturated rings. The SMILES string of the molecule is CCCNC(CC1CCCO1)c1cccc(C)c1. The van der Waals surface area contributed by atoms with E-state index in [2.05, 4.69) is 43.4 Å². The zero-order chi connectivity index (χ0) is 12.8. The van der Waals surface area contributed by atoms with E-state index in [0.29, 0.717) is 12.1 Å². The molecule has 1 aliphatic rings. The van der Waals surface area contributed by atoms with Crippen molar-refractivity contribution in [3.05, 3.63) is 35.4 Å². The molecule has 0 bridgehead atoms. The molecule has 2 atom stereocenters. The summed E-state index contributed by atoms with van der Waals surface area (Å²) in [5.74, 6) is 0. The molecule has 100 valence electrons. The van der Waals surface area contributed by atoms with E-state index < -0.39 is 0 Å². The molecule has 0 spiro atoms. The van der Waals surface area contributed by atoms with Crippen molar-refractivity contribution < 1.29 is 4.74 Å². The zero-order valence-electron chi connectivity index (χ0n) is 11.6. The van der Waals surface area contributed by atoms with Crippen molar-refractivity contribution in [2.75, 3.05) is 13.2 Å². The van der Waals surface area contributed by atoms with Gasteiger partial charge < -0.3 is 10.1 Å². The highest BCUT2D eigenvalue weighted by molar-refractivity contribution is 5.25. The summed E-state index contributed by atoms with van der Waals surface area (Å²) in [7, 11) is 0. The van der Waals surface area contributed by atoms with Crippen LogP contribution in [0.5, 0.6) is 0 Å². The minimum Gasteiger partial charge on any atom is -0.378 e. The van der Waals surface area contributed by atoms with E-state index in [1.54, 1.807) is 0 Å². The molecule has 2 unspecified atom stereocenters. The predicted octanol–water partition coefficient (Wildman–Crippen LogP) is 3.60. The summed E-state index contributed by atoms with van der Waals surface area (Å²) >= 11 is 0. The van der Waals surface area contributed by atoms with Crippen LogP contribution in [0.3, 0.4) is 0 Å². The summed E-state index contributed by atoms with van der Waals surface area (Å²) in [5, 5.41) is 3.66. The van der Waals surface area contributed by atoms with Crippen LogP contribution in [-0.4, -0.2) is 19.3 Å². The third kappa shape index (κ3) is 3.82. The molecule has 0 radical (unpaired) electrons. The van der Waals surface area contributed by atoms with E-state index in [1.165, 1.54) is 30.4 Å².